The Morgan fingerprint density at radius 3 is 2.59 bits per heavy atom. The van der Waals surface area contributed by atoms with Gasteiger partial charge < -0.3 is 0 Å². The fourth-order valence-corrected chi connectivity index (χ4v) is 2.71. The van der Waals surface area contributed by atoms with Gasteiger partial charge in [0.2, 0.25) is 0 Å². The van der Waals surface area contributed by atoms with Crippen molar-refractivity contribution >= 4 is 15.9 Å². The first-order valence-electron chi connectivity index (χ1n) is 6.40. The molecule has 0 heterocycles. The van der Waals surface area contributed by atoms with Crippen LogP contribution in [-0.4, -0.2) is 17.5 Å². The first-order valence-corrected chi connectivity index (χ1v) is 7.19. The number of halogens is 2. The Balaban J connectivity index is 1.67. The highest BCUT2D eigenvalue weighted by molar-refractivity contribution is 9.10. The molecule has 2 saturated carbocycles. The molecule has 3 heteroatoms. The molecule has 0 amide bonds. The number of hydrogen-bond donors (Lipinski definition) is 0. The van der Waals surface area contributed by atoms with E-state index in [1.54, 1.807) is 6.07 Å². The van der Waals surface area contributed by atoms with Crippen LogP contribution < -0.4 is 0 Å². The lowest BCUT2D eigenvalue weighted by molar-refractivity contribution is 0.244. The molecule has 92 valence electrons. The first-order chi connectivity index (χ1) is 8.22. The summed E-state index contributed by atoms with van der Waals surface area (Å²) in [4.78, 5) is 2.58. The van der Waals surface area contributed by atoms with Gasteiger partial charge in [-0.2, -0.15) is 0 Å². The van der Waals surface area contributed by atoms with Crippen LogP contribution >= 0.6 is 15.9 Å². The Hall–Kier alpha value is -0.410. The summed E-state index contributed by atoms with van der Waals surface area (Å²) in [6, 6.07) is 6.17. The van der Waals surface area contributed by atoms with Gasteiger partial charge in [-0.1, -0.05) is 6.07 Å². The highest BCUT2D eigenvalue weighted by atomic mass is 79.9. The van der Waals surface area contributed by atoms with Crippen molar-refractivity contribution in [2.24, 2.45) is 5.92 Å². The van der Waals surface area contributed by atoms with Gasteiger partial charge >= 0.3 is 0 Å². The fraction of sp³-hybridized carbons (Fsp3) is 0.571. The average Bonchev–Trinajstić information content (AvgIpc) is 3.15. The molecule has 2 aliphatic rings. The van der Waals surface area contributed by atoms with Crippen LogP contribution in [-0.2, 0) is 6.54 Å². The molecule has 1 aromatic carbocycles. The van der Waals surface area contributed by atoms with Gasteiger partial charge in [-0.3, -0.25) is 4.90 Å². The molecule has 0 aliphatic heterocycles. The van der Waals surface area contributed by atoms with E-state index in [0.29, 0.717) is 4.47 Å². The van der Waals surface area contributed by atoms with E-state index in [1.165, 1.54) is 37.8 Å². The van der Waals surface area contributed by atoms with Crippen molar-refractivity contribution < 1.29 is 4.39 Å². The highest BCUT2D eigenvalue weighted by Gasteiger charge is 2.33. The van der Waals surface area contributed by atoms with Crippen LogP contribution in [0.2, 0.25) is 0 Å². The molecule has 0 unspecified atom stereocenters. The van der Waals surface area contributed by atoms with Gasteiger partial charge in [-0.05, 0) is 65.2 Å². The average molecular weight is 298 g/mol. The second-order valence-corrected chi connectivity index (χ2v) is 6.21. The van der Waals surface area contributed by atoms with E-state index in [0.717, 1.165) is 18.5 Å². The van der Waals surface area contributed by atoms with Crippen LogP contribution in [0.15, 0.2) is 22.7 Å². The van der Waals surface area contributed by atoms with Gasteiger partial charge in [0.05, 0.1) is 4.47 Å². The fourth-order valence-electron chi connectivity index (χ4n) is 2.29. The molecular formula is C14H17BrFN. The number of nitrogens with zero attached hydrogens (tertiary/aromatic N) is 1. The molecule has 0 radical (unpaired) electrons. The lowest BCUT2D eigenvalue weighted by Gasteiger charge is -2.22. The normalized spacial score (nSPS) is 19.9. The summed E-state index contributed by atoms with van der Waals surface area (Å²) in [5.41, 5.74) is 1.21. The Morgan fingerprint density at radius 2 is 2.00 bits per heavy atom. The molecule has 2 fully saturated rings. The van der Waals surface area contributed by atoms with Crippen molar-refractivity contribution in [2.75, 3.05) is 6.54 Å². The summed E-state index contributed by atoms with van der Waals surface area (Å²) in [6.07, 6.45) is 5.48. The summed E-state index contributed by atoms with van der Waals surface area (Å²) in [6.45, 7) is 2.21. The van der Waals surface area contributed by atoms with E-state index >= 15 is 0 Å². The molecular weight excluding hydrogens is 281 g/mol. The van der Waals surface area contributed by atoms with Crippen molar-refractivity contribution in [2.45, 2.75) is 38.3 Å². The summed E-state index contributed by atoms with van der Waals surface area (Å²) in [5.74, 6) is 0.758. The standard InChI is InChI=1S/C14H17BrFN/c15-13-7-11(3-6-14(13)16)9-17(12-4-5-12)8-10-1-2-10/h3,6-7,10,12H,1-2,4-5,8-9H2. The quantitative estimate of drug-likeness (QED) is 0.795. The lowest BCUT2D eigenvalue weighted by atomic mass is 10.2. The third-order valence-corrected chi connectivity index (χ3v) is 4.23. The van der Waals surface area contributed by atoms with Crippen LogP contribution in [0.1, 0.15) is 31.2 Å². The smallest absolute Gasteiger partial charge is 0.137 e. The third-order valence-electron chi connectivity index (χ3n) is 3.62. The molecule has 0 bridgehead atoms. The van der Waals surface area contributed by atoms with Gasteiger partial charge in [0.25, 0.3) is 0 Å². The van der Waals surface area contributed by atoms with Crippen LogP contribution in [0.25, 0.3) is 0 Å². The minimum atomic E-state index is -0.172. The molecule has 2 aliphatic carbocycles. The van der Waals surface area contributed by atoms with E-state index < -0.39 is 0 Å². The van der Waals surface area contributed by atoms with Gasteiger partial charge in [0, 0.05) is 19.1 Å². The molecule has 0 atom stereocenters. The van der Waals surface area contributed by atoms with E-state index in [2.05, 4.69) is 20.8 Å². The summed E-state index contributed by atoms with van der Waals surface area (Å²) in [7, 11) is 0. The lowest BCUT2D eigenvalue weighted by Crippen LogP contribution is -2.27. The highest BCUT2D eigenvalue weighted by Crippen LogP contribution is 2.35. The van der Waals surface area contributed by atoms with E-state index in [1.807, 2.05) is 12.1 Å². The molecule has 1 nitrogen and oxygen atoms in total. The summed E-state index contributed by atoms with van der Waals surface area (Å²) >= 11 is 3.26. The van der Waals surface area contributed by atoms with E-state index in [9.17, 15) is 4.39 Å². The Morgan fingerprint density at radius 1 is 1.24 bits per heavy atom. The SMILES string of the molecule is Fc1ccc(CN(CC2CC2)C2CC2)cc1Br. The van der Waals surface area contributed by atoms with Gasteiger partial charge in [-0.25, -0.2) is 4.39 Å². The maximum Gasteiger partial charge on any atom is 0.137 e. The number of hydrogen-bond acceptors (Lipinski definition) is 1. The molecule has 1 aromatic rings. The summed E-state index contributed by atoms with van der Waals surface area (Å²) in [5, 5.41) is 0. The second kappa shape index (κ2) is 4.69. The number of benzene rings is 1. The number of rotatable bonds is 5. The van der Waals surface area contributed by atoms with Crippen molar-refractivity contribution in [3.63, 3.8) is 0 Å². The van der Waals surface area contributed by atoms with Crippen LogP contribution in [0.3, 0.4) is 0 Å². The summed E-state index contributed by atoms with van der Waals surface area (Å²) < 4.78 is 13.7. The van der Waals surface area contributed by atoms with Crippen molar-refractivity contribution in [1.29, 1.82) is 0 Å². The van der Waals surface area contributed by atoms with Crippen molar-refractivity contribution in [3.05, 3.63) is 34.1 Å². The molecule has 0 spiro atoms. The largest absolute Gasteiger partial charge is 0.296 e. The van der Waals surface area contributed by atoms with E-state index in [-0.39, 0.29) is 5.82 Å². The van der Waals surface area contributed by atoms with Crippen LogP contribution in [0.5, 0.6) is 0 Å². The van der Waals surface area contributed by atoms with Gasteiger partial charge in [0.1, 0.15) is 5.82 Å². The second-order valence-electron chi connectivity index (χ2n) is 5.35. The maximum atomic E-state index is 13.2. The Bertz CT molecular complexity index is 413. The first kappa shape index (κ1) is 11.7. The topological polar surface area (TPSA) is 3.24 Å². The Labute approximate surface area is 110 Å². The molecule has 0 saturated heterocycles. The monoisotopic (exact) mass is 297 g/mol. The third kappa shape index (κ3) is 3.08. The zero-order chi connectivity index (χ0) is 11.8. The van der Waals surface area contributed by atoms with Gasteiger partial charge in [-0.15, -0.1) is 0 Å². The minimum absolute atomic E-state index is 0.172. The molecule has 0 N–H and O–H groups in total. The zero-order valence-corrected chi connectivity index (χ0v) is 11.4. The predicted molar refractivity (Wildman–Crippen MR) is 70.3 cm³/mol. The zero-order valence-electron chi connectivity index (χ0n) is 9.83. The van der Waals surface area contributed by atoms with E-state index in [4.69, 9.17) is 0 Å². The van der Waals surface area contributed by atoms with Crippen LogP contribution in [0, 0.1) is 11.7 Å². The predicted octanol–water partition coefficient (Wildman–Crippen LogP) is 3.96. The molecule has 0 aromatic heterocycles. The van der Waals surface area contributed by atoms with Gasteiger partial charge in [0.15, 0.2) is 0 Å². The van der Waals surface area contributed by atoms with Crippen LogP contribution in [0.4, 0.5) is 4.39 Å². The minimum Gasteiger partial charge on any atom is -0.296 e. The molecule has 3 rings (SSSR count). The Kier molecular flexibility index (Phi) is 3.22. The van der Waals surface area contributed by atoms with Crippen molar-refractivity contribution in [3.8, 4) is 0 Å². The van der Waals surface area contributed by atoms with Crippen molar-refractivity contribution in [1.82, 2.24) is 4.90 Å². The molecule has 17 heavy (non-hydrogen) atoms. The maximum absolute atomic E-state index is 13.2.